The monoisotopic (exact) mass is 279 g/mol. The summed E-state index contributed by atoms with van der Waals surface area (Å²) in [5.41, 5.74) is 0.509. The zero-order valence-electron chi connectivity index (χ0n) is 8.95. The molecule has 0 unspecified atom stereocenters. The van der Waals surface area contributed by atoms with Crippen LogP contribution in [0, 0.1) is 0 Å². The average Bonchev–Trinajstić information content (AvgIpc) is 2.28. The molecule has 16 heavy (non-hydrogen) atoms. The van der Waals surface area contributed by atoms with Crippen molar-refractivity contribution in [3.63, 3.8) is 0 Å². The van der Waals surface area contributed by atoms with Gasteiger partial charge in [0.25, 0.3) is 5.91 Å². The maximum Gasteiger partial charge on any atom is 0.278 e. The standard InChI is InChI=1S/C11H12Cl3NO/c1-8(2)15(14)10(16)11(12,13)9-6-4-3-5-7-9/h3-8H,1-2H3. The third-order valence-corrected chi connectivity index (χ3v) is 3.36. The van der Waals surface area contributed by atoms with E-state index in [4.69, 9.17) is 35.0 Å². The molecule has 0 saturated carbocycles. The van der Waals surface area contributed by atoms with Crippen LogP contribution in [0.15, 0.2) is 30.3 Å². The molecule has 0 aromatic heterocycles. The molecule has 0 N–H and O–H groups in total. The fourth-order valence-electron chi connectivity index (χ4n) is 1.14. The number of rotatable bonds is 3. The number of carbonyl (C=O) groups excluding carboxylic acids is 1. The molecule has 0 aliphatic heterocycles. The summed E-state index contributed by atoms with van der Waals surface area (Å²) in [7, 11) is 0. The second-order valence-electron chi connectivity index (χ2n) is 3.65. The Morgan fingerprint density at radius 1 is 1.25 bits per heavy atom. The van der Waals surface area contributed by atoms with Gasteiger partial charge in [-0.15, -0.1) is 0 Å². The molecule has 0 spiro atoms. The molecule has 0 aliphatic carbocycles. The van der Waals surface area contributed by atoms with Crippen molar-refractivity contribution >= 4 is 40.9 Å². The first-order valence-corrected chi connectivity index (χ1v) is 5.89. The van der Waals surface area contributed by atoms with Gasteiger partial charge >= 0.3 is 0 Å². The lowest BCUT2D eigenvalue weighted by molar-refractivity contribution is -0.128. The summed E-state index contributed by atoms with van der Waals surface area (Å²) in [6.07, 6.45) is 0. The van der Waals surface area contributed by atoms with Gasteiger partial charge in [0.15, 0.2) is 0 Å². The Balaban J connectivity index is 2.99. The van der Waals surface area contributed by atoms with Gasteiger partial charge in [0.05, 0.1) is 0 Å². The molecule has 0 atom stereocenters. The first-order valence-electron chi connectivity index (χ1n) is 4.80. The second kappa shape index (κ2) is 5.26. The van der Waals surface area contributed by atoms with E-state index in [0.717, 1.165) is 4.42 Å². The van der Waals surface area contributed by atoms with E-state index < -0.39 is 10.2 Å². The smallest absolute Gasteiger partial charge is 0.270 e. The Hall–Kier alpha value is -0.440. The Labute approximate surface area is 110 Å². The van der Waals surface area contributed by atoms with Gasteiger partial charge in [0, 0.05) is 17.8 Å². The van der Waals surface area contributed by atoms with E-state index in [1.165, 1.54) is 0 Å². The predicted molar refractivity (Wildman–Crippen MR) is 67.7 cm³/mol. The number of hydrogen-bond acceptors (Lipinski definition) is 1. The number of amides is 1. The van der Waals surface area contributed by atoms with Crippen LogP contribution in [-0.4, -0.2) is 16.4 Å². The SMILES string of the molecule is CC(C)N(Cl)C(=O)C(Cl)(Cl)c1ccccc1. The molecule has 5 heteroatoms. The summed E-state index contributed by atoms with van der Waals surface area (Å²) in [4.78, 5) is 11.9. The summed E-state index contributed by atoms with van der Waals surface area (Å²) in [6, 6.07) is 8.53. The van der Waals surface area contributed by atoms with Crippen LogP contribution in [0.1, 0.15) is 19.4 Å². The summed E-state index contributed by atoms with van der Waals surface area (Å²) in [5, 5.41) is 0. The first-order chi connectivity index (χ1) is 7.37. The van der Waals surface area contributed by atoms with Crippen LogP contribution >= 0.6 is 35.0 Å². The fourth-order valence-corrected chi connectivity index (χ4v) is 1.79. The van der Waals surface area contributed by atoms with Crippen molar-refractivity contribution in [3.8, 4) is 0 Å². The molecule has 0 bridgehead atoms. The molecule has 1 amide bonds. The van der Waals surface area contributed by atoms with Crippen LogP contribution in [0.2, 0.25) is 0 Å². The number of carbonyl (C=O) groups is 1. The van der Waals surface area contributed by atoms with Crippen molar-refractivity contribution in [2.75, 3.05) is 0 Å². The van der Waals surface area contributed by atoms with Crippen molar-refractivity contribution in [1.82, 2.24) is 4.42 Å². The number of benzene rings is 1. The minimum absolute atomic E-state index is 0.172. The summed E-state index contributed by atoms with van der Waals surface area (Å²) >= 11 is 17.9. The zero-order valence-corrected chi connectivity index (χ0v) is 11.2. The van der Waals surface area contributed by atoms with Gasteiger partial charge in [0.1, 0.15) is 0 Å². The predicted octanol–water partition coefficient (Wildman–Crippen LogP) is 3.71. The molecule has 1 aromatic rings. The van der Waals surface area contributed by atoms with Crippen molar-refractivity contribution in [3.05, 3.63) is 35.9 Å². The highest BCUT2D eigenvalue weighted by Gasteiger charge is 2.39. The van der Waals surface area contributed by atoms with E-state index in [0.29, 0.717) is 5.56 Å². The third kappa shape index (κ3) is 2.82. The highest BCUT2D eigenvalue weighted by molar-refractivity contribution is 6.58. The minimum Gasteiger partial charge on any atom is -0.270 e. The van der Waals surface area contributed by atoms with Gasteiger partial charge in [-0.25, -0.2) is 4.42 Å². The van der Waals surface area contributed by atoms with Crippen LogP contribution in [0.3, 0.4) is 0 Å². The average molecular weight is 281 g/mol. The van der Waals surface area contributed by atoms with Crippen LogP contribution in [-0.2, 0) is 9.13 Å². The van der Waals surface area contributed by atoms with Crippen LogP contribution in [0.25, 0.3) is 0 Å². The number of alkyl halides is 2. The van der Waals surface area contributed by atoms with E-state index in [9.17, 15) is 4.79 Å². The van der Waals surface area contributed by atoms with Gasteiger partial charge in [0.2, 0.25) is 4.33 Å². The van der Waals surface area contributed by atoms with Crippen molar-refractivity contribution in [1.29, 1.82) is 0 Å². The van der Waals surface area contributed by atoms with E-state index in [2.05, 4.69) is 0 Å². The molecule has 0 heterocycles. The van der Waals surface area contributed by atoms with E-state index >= 15 is 0 Å². The van der Waals surface area contributed by atoms with Gasteiger partial charge in [-0.2, -0.15) is 0 Å². The van der Waals surface area contributed by atoms with E-state index in [1.54, 1.807) is 38.1 Å². The second-order valence-corrected chi connectivity index (χ2v) is 5.34. The topological polar surface area (TPSA) is 20.3 Å². The molecule has 0 saturated heterocycles. The van der Waals surface area contributed by atoms with E-state index in [1.807, 2.05) is 6.07 Å². The highest BCUT2D eigenvalue weighted by Crippen LogP contribution is 2.36. The Bertz CT molecular complexity index is 365. The molecular formula is C11H12Cl3NO. The van der Waals surface area contributed by atoms with Gasteiger partial charge < -0.3 is 0 Å². The molecule has 1 aromatic carbocycles. The van der Waals surface area contributed by atoms with E-state index in [-0.39, 0.29) is 6.04 Å². The summed E-state index contributed by atoms with van der Waals surface area (Å²) in [5.74, 6) is -0.543. The maximum absolute atomic E-state index is 11.9. The lowest BCUT2D eigenvalue weighted by atomic mass is 10.1. The number of nitrogens with zero attached hydrogens (tertiary/aromatic N) is 1. The Kier molecular flexibility index (Phi) is 4.48. The molecule has 0 aliphatic rings. The van der Waals surface area contributed by atoms with Gasteiger partial charge in [-0.1, -0.05) is 53.5 Å². The van der Waals surface area contributed by atoms with Gasteiger partial charge in [-0.05, 0) is 19.4 Å². The molecule has 2 nitrogen and oxygen atoms in total. The fraction of sp³-hybridized carbons (Fsp3) is 0.364. The highest BCUT2D eigenvalue weighted by atomic mass is 35.5. The maximum atomic E-state index is 11.9. The normalized spacial score (nSPS) is 11.6. The molecule has 88 valence electrons. The van der Waals surface area contributed by atoms with Crippen LogP contribution < -0.4 is 0 Å². The van der Waals surface area contributed by atoms with Gasteiger partial charge in [-0.3, -0.25) is 4.79 Å². The largest absolute Gasteiger partial charge is 0.278 e. The Morgan fingerprint density at radius 2 is 1.75 bits per heavy atom. The quantitative estimate of drug-likeness (QED) is 0.610. The Morgan fingerprint density at radius 3 is 2.19 bits per heavy atom. The lowest BCUT2D eigenvalue weighted by Gasteiger charge is -2.26. The molecule has 1 rings (SSSR count). The molecule has 0 radical (unpaired) electrons. The summed E-state index contributed by atoms with van der Waals surface area (Å²) < 4.78 is -0.639. The van der Waals surface area contributed by atoms with Crippen LogP contribution in [0.4, 0.5) is 0 Å². The van der Waals surface area contributed by atoms with Crippen molar-refractivity contribution < 1.29 is 4.79 Å². The minimum atomic E-state index is -1.65. The first kappa shape index (κ1) is 13.6. The summed E-state index contributed by atoms with van der Waals surface area (Å²) in [6.45, 7) is 3.56. The van der Waals surface area contributed by atoms with Crippen molar-refractivity contribution in [2.45, 2.75) is 24.2 Å². The zero-order chi connectivity index (χ0) is 12.3. The van der Waals surface area contributed by atoms with Crippen molar-refractivity contribution in [2.24, 2.45) is 0 Å². The van der Waals surface area contributed by atoms with Crippen LogP contribution in [0.5, 0.6) is 0 Å². The molecule has 0 fully saturated rings. The number of hydrogen-bond donors (Lipinski definition) is 0. The number of halogens is 3. The molecular weight excluding hydrogens is 268 g/mol. The lowest BCUT2D eigenvalue weighted by Crippen LogP contribution is -2.38. The third-order valence-electron chi connectivity index (χ3n) is 2.05.